The number of rotatable bonds is 5. The zero-order chi connectivity index (χ0) is 12.0. The summed E-state index contributed by atoms with van der Waals surface area (Å²) in [6.45, 7) is 5.57. The van der Waals surface area contributed by atoms with Crippen LogP contribution in [0.4, 0.5) is 0 Å². The minimum absolute atomic E-state index is 0.346. The van der Waals surface area contributed by atoms with E-state index in [1.54, 1.807) is 0 Å². The number of likely N-dealkylation sites (N-methyl/N-ethyl adjacent to an activating group) is 1. The summed E-state index contributed by atoms with van der Waals surface area (Å²) in [5.74, 6) is 0.647. The lowest BCUT2D eigenvalue weighted by molar-refractivity contribution is 0.192. The lowest BCUT2D eigenvalue weighted by atomic mass is 9.98. The molecule has 2 heteroatoms. The van der Waals surface area contributed by atoms with E-state index in [9.17, 15) is 0 Å². The lowest BCUT2D eigenvalue weighted by Crippen LogP contribution is -2.43. The van der Waals surface area contributed by atoms with E-state index in [1.807, 2.05) is 0 Å². The molecule has 16 heavy (non-hydrogen) atoms. The highest BCUT2D eigenvalue weighted by Gasteiger charge is 2.20. The van der Waals surface area contributed by atoms with Crippen molar-refractivity contribution in [2.45, 2.75) is 70.9 Å². The third-order valence-corrected chi connectivity index (χ3v) is 4.32. The van der Waals surface area contributed by atoms with Gasteiger partial charge in [-0.2, -0.15) is 0 Å². The Labute approximate surface area is 102 Å². The van der Waals surface area contributed by atoms with Gasteiger partial charge in [0.05, 0.1) is 0 Å². The van der Waals surface area contributed by atoms with Crippen molar-refractivity contribution >= 4 is 0 Å². The Morgan fingerprint density at radius 3 is 2.25 bits per heavy atom. The highest BCUT2D eigenvalue weighted by molar-refractivity contribution is 4.78. The van der Waals surface area contributed by atoms with Gasteiger partial charge in [0, 0.05) is 18.6 Å². The molecule has 1 aliphatic rings. The molecule has 0 radical (unpaired) electrons. The minimum Gasteiger partial charge on any atom is -0.326 e. The number of hydrogen-bond donors (Lipinski definition) is 1. The van der Waals surface area contributed by atoms with Gasteiger partial charge in [0.2, 0.25) is 0 Å². The van der Waals surface area contributed by atoms with E-state index in [4.69, 9.17) is 5.73 Å². The van der Waals surface area contributed by atoms with Crippen molar-refractivity contribution in [2.75, 3.05) is 13.6 Å². The van der Waals surface area contributed by atoms with E-state index in [2.05, 4.69) is 25.8 Å². The zero-order valence-corrected chi connectivity index (χ0v) is 11.4. The average molecular weight is 226 g/mol. The fourth-order valence-electron chi connectivity index (χ4n) is 2.66. The average Bonchev–Trinajstić information content (AvgIpc) is 2.56. The normalized spacial score (nSPS) is 23.1. The van der Waals surface area contributed by atoms with Crippen LogP contribution in [-0.4, -0.2) is 30.6 Å². The van der Waals surface area contributed by atoms with Crippen LogP contribution in [0.1, 0.15) is 58.8 Å². The summed E-state index contributed by atoms with van der Waals surface area (Å²) in [7, 11) is 2.26. The van der Waals surface area contributed by atoms with Crippen LogP contribution >= 0.6 is 0 Å². The Bertz CT molecular complexity index is 174. The molecule has 1 fully saturated rings. The molecule has 0 heterocycles. The molecule has 0 saturated heterocycles. The second-order valence-electron chi connectivity index (χ2n) is 5.63. The van der Waals surface area contributed by atoms with Crippen molar-refractivity contribution in [2.24, 2.45) is 11.7 Å². The van der Waals surface area contributed by atoms with E-state index in [0.717, 1.165) is 12.6 Å². The van der Waals surface area contributed by atoms with E-state index in [-0.39, 0.29) is 0 Å². The second kappa shape index (κ2) is 7.29. The monoisotopic (exact) mass is 226 g/mol. The predicted molar refractivity (Wildman–Crippen MR) is 71.6 cm³/mol. The highest BCUT2D eigenvalue weighted by Crippen LogP contribution is 2.21. The van der Waals surface area contributed by atoms with Crippen LogP contribution in [0.25, 0.3) is 0 Å². The van der Waals surface area contributed by atoms with Gasteiger partial charge in [-0.25, -0.2) is 0 Å². The first-order valence-electron chi connectivity index (χ1n) is 7.11. The van der Waals surface area contributed by atoms with Crippen molar-refractivity contribution in [1.82, 2.24) is 4.90 Å². The van der Waals surface area contributed by atoms with Crippen LogP contribution in [0, 0.1) is 5.92 Å². The Morgan fingerprint density at radius 1 is 1.19 bits per heavy atom. The molecule has 1 aliphatic carbocycles. The van der Waals surface area contributed by atoms with E-state index in [1.165, 1.54) is 44.9 Å². The summed E-state index contributed by atoms with van der Waals surface area (Å²) >= 11 is 0. The van der Waals surface area contributed by atoms with Crippen molar-refractivity contribution in [3.8, 4) is 0 Å². The van der Waals surface area contributed by atoms with Gasteiger partial charge < -0.3 is 10.6 Å². The topological polar surface area (TPSA) is 29.3 Å². The van der Waals surface area contributed by atoms with Crippen molar-refractivity contribution in [1.29, 1.82) is 0 Å². The maximum atomic E-state index is 6.23. The molecule has 96 valence electrons. The quantitative estimate of drug-likeness (QED) is 0.730. The Balaban J connectivity index is 2.34. The van der Waals surface area contributed by atoms with E-state index in [0.29, 0.717) is 12.0 Å². The minimum atomic E-state index is 0.346. The smallest absolute Gasteiger partial charge is 0.0193 e. The number of hydrogen-bond acceptors (Lipinski definition) is 2. The van der Waals surface area contributed by atoms with Crippen LogP contribution in [0.3, 0.4) is 0 Å². The maximum Gasteiger partial charge on any atom is 0.0193 e. The summed E-state index contributed by atoms with van der Waals surface area (Å²) < 4.78 is 0. The van der Waals surface area contributed by atoms with Crippen molar-refractivity contribution in [3.63, 3.8) is 0 Å². The van der Waals surface area contributed by atoms with Crippen LogP contribution in [0.2, 0.25) is 0 Å². The summed E-state index contributed by atoms with van der Waals surface area (Å²) in [6, 6.07) is 1.14. The Kier molecular flexibility index (Phi) is 6.37. The Hall–Kier alpha value is -0.0800. The van der Waals surface area contributed by atoms with E-state index < -0.39 is 0 Å². The first-order valence-corrected chi connectivity index (χ1v) is 7.11. The molecule has 1 rings (SSSR count). The molecule has 2 nitrogen and oxygen atoms in total. The first kappa shape index (κ1) is 14.0. The van der Waals surface area contributed by atoms with Crippen LogP contribution < -0.4 is 5.73 Å². The summed E-state index contributed by atoms with van der Waals surface area (Å²) in [4.78, 5) is 2.52. The molecule has 0 aromatic rings. The molecule has 0 bridgehead atoms. The van der Waals surface area contributed by atoms with Gasteiger partial charge >= 0.3 is 0 Å². The van der Waals surface area contributed by atoms with Crippen molar-refractivity contribution < 1.29 is 0 Å². The third kappa shape index (κ3) is 4.42. The van der Waals surface area contributed by atoms with Crippen molar-refractivity contribution in [3.05, 3.63) is 0 Å². The first-order chi connectivity index (χ1) is 7.65. The summed E-state index contributed by atoms with van der Waals surface area (Å²) in [5.41, 5.74) is 6.23. The molecule has 1 saturated carbocycles. The molecule has 2 N–H and O–H groups in total. The molecule has 2 unspecified atom stereocenters. The molecule has 0 aliphatic heterocycles. The van der Waals surface area contributed by atoms with E-state index >= 15 is 0 Å². The maximum absolute atomic E-state index is 6.23. The van der Waals surface area contributed by atoms with Gasteiger partial charge in [-0.3, -0.25) is 0 Å². The largest absolute Gasteiger partial charge is 0.326 e. The number of nitrogens with two attached hydrogens (primary N) is 1. The Morgan fingerprint density at radius 2 is 1.75 bits per heavy atom. The molecular formula is C14H30N2. The fraction of sp³-hybridized carbons (Fsp3) is 1.00. The van der Waals surface area contributed by atoms with Gasteiger partial charge in [0.1, 0.15) is 0 Å². The van der Waals surface area contributed by atoms with Gasteiger partial charge in [0.25, 0.3) is 0 Å². The van der Waals surface area contributed by atoms with Gasteiger partial charge in [-0.15, -0.1) is 0 Å². The van der Waals surface area contributed by atoms with Crippen LogP contribution in [0.5, 0.6) is 0 Å². The van der Waals surface area contributed by atoms with Gasteiger partial charge in [-0.05, 0) is 25.8 Å². The zero-order valence-electron chi connectivity index (χ0n) is 11.4. The standard InChI is InChI=1S/C14H30N2/c1-4-12(2)14(15)11-16(3)13-9-7-5-6-8-10-13/h12-14H,4-11,15H2,1-3H3. The van der Waals surface area contributed by atoms with Crippen LogP contribution in [0.15, 0.2) is 0 Å². The second-order valence-corrected chi connectivity index (χ2v) is 5.63. The lowest BCUT2D eigenvalue weighted by Gasteiger charge is -2.31. The SMILES string of the molecule is CCC(C)C(N)CN(C)C1CCCCCC1. The number of nitrogens with zero attached hydrogens (tertiary/aromatic N) is 1. The molecule has 0 aromatic carbocycles. The fourth-order valence-corrected chi connectivity index (χ4v) is 2.66. The van der Waals surface area contributed by atoms with Crippen LogP contribution in [-0.2, 0) is 0 Å². The molecule has 0 aromatic heterocycles. The summed E-state index contributed by atoms with van der Waals surface area (Å²) in [5, 5.41) is 0. The third-order valence-electron chi connectivity index (χ3n) is 4.32. The molecular weight excluding hydrogens is 196 g/mol. The van der Waals surface area contributed by atoms with Gasteiger partial charge in [-0.1, -0.05) is 46.0 Å². The summed E-state index contributed by atoms with van der Waals surface area (Å²) in [6.07, 6.45) is 9.64. The predicted octanol–water partition coefficient (Wildman–Crippen LogP) is 3.01. The highest BCUT2D eigenvalue weighted by atomic mass is 15.1. The van der Waals surface area contributed by atoms with Gasteiger partial charge in [0.15, 0.2) is 0 Å². The molecule has 2 atom stereocenters. The molecule has 0 amide bonds. The molecule has 0 spiro atoms.